The molecule has 3 rings (SSSR count). The van der Waals surface area contributed by atoms with E-state index >= 15 is 0 Å². The van der Waals surface area contributed by atoms with Crippen molar-refractivity contribution in [2.24, 2.45) is 0 Å². The van der Waals surface area contributed by atoms with Gasteiger partial charge in [0.1, 0.15) is 5.65 Å². The molecule has 0 unspecified atom stereocenters. The zero-order valence-corrected chi connectivity index (χ0v) is 16.3. The smallest absolute Gasteiger partial charge is 0.244 e. The second-order valence-electron chi connectivity index (χ2n) is 6.42. The van der Waals surface area contributed by atoms with Crippen LogP contribution < -0.4 is 5.32 Å². The van der Waals surface area contributed by atoms with Gasteiger partial charge in [-0.2, -0.15) is 0 Å². The summed E-state index contributed by atoms with van der Waals surface area (Å²) in [4.78, 5) is 18.7. The molecule has 0 saturated carbocycles. The average molecular weight is 383 g/mol. The Labute approximate surface area is 164 Å². The van der Waals surface area contributed by atoms with E-state index in [4.69, 9.17) is 11.6 Å². The van der Waals surface area contributed by atoms with Gasteiger partial charge in [0.05, 0.1) is 5.69 Å². The largest absolute Gasteiger partial charge is 0.348 e. The number of aromatic nitrogens is 2. The predicted octanol–water partition coefficient (Wildman–Crippen LogP) is 3.77. The van der Waals surface area contributed by atoms with Crippen LogP contribution in [0.1, 0.15) is 23.7 Å². The number of pyridine rings is 1. The van der Waals surface area contributed by atoms with Gasteiger partial charge in [0.2, 0.25) is 5.91 Å². The predicted molar refractivity (Wildman–Crippen MR) is 110 cm³/mol. The standard InChI is InChI=1S/C21H23ClN4O/c1-3-25(2)15-17-8-6-7-16(13-17)14-23-20(27)11-10-18-21(22)24-19-9-4-5-12-26(18)19/h4-13H,3,14-15H2,1-2H3,(H,23,27)/b11-10+. The SMILES string of the molecule is CCN(C)Cc1cccc(CNC(=O)/C=C/c2c(Cl)nc3ccccn23)c1. The van der Waals surface area contributed by atoms with Gasteiger partial charge in [0.15, 0.2) is 5.15 Å². The molecular formula is C21H23ClN4O. The van der Waals surface area contributed by atoms with E-state index in [0.717, 1.165) is 24.3 Å². The number of amides is 1. The quantitative estimate of drug-likeness (QED) is 0.633. The van der Waals surface area contributed by atoms with Crippen LogP contribution in [0.15, 0.2) is 54.7 Å². The van der Waals surface area contributed by atoms with Crippen molar-refractivity contribution in [1.82, 2.24) is 19.6 Å². The highest BCUT2D eigenvalue weighted by Crippen LogP contribution is 2.18. The second kappa shape index (κ2) is 8.84. The number of fused-ring (bicyclic) bond motifs is 1. The van der Waals surface area contributed by atoms with Crippen LogP contribution in [0.2, 0.25) is 5.15 Å². The molecule has 140 valence electrons. The van der Waals surface area contributed by atoms with E-state index in [1.165, 1.54) is 11.6 Å². The van der Waals surface area contributed by atoms with Gasteiger partial charge in [0.25, 0.3) is 0 Å². The van der Waals surface area contributed by atoms with Crippen molar-refractivity contribution in [3.63, 3.8) is 0 Å². The summed E-state index contributed by atoms with van der Waals surface area (Å²) in [7, 11) is 2.09. The summed E-state index contributed by atoms with van der Waals surface area (Å²) in [6.07, 6.45) is 5.03. The average Bonchev–Trinajstić information content (AvgIpc) is 3.00. The zero-order valence-electron chi connectivity index (χ0n) is 15.5. The lowest BCUT2D eigenvalue weighted by Crippen LogP contribution is -2.21. The number of rotatable bonds is 7. The summed E-state index contributed by atoms with van der Waals surface area (Å²) >= 11 is 6.18. The van der Waals surface area contributed by atoms with E-state index in [1.54, 1.807) is 6.08 Å². The van der Waals surface area contributed by atoms with Crippen molar-refractivity contribution in [3.8, 4) is 0 Å². The van der Waals surface area contributed by atoms with Crippen LogP contribution in [0, 0.1) is 0 Å². The molecule has 6 heteroatoms. The van der Waals surface area contributed by atoms with Gasteiger partial charge in [-0.05, 0) is 42.9 Å². The highest BCUT2D eigenvalue weighted by molar-refractivity contribution is 6.31. The highest BCUT2D eigenvalue weighted by atomic mass is 35.5. The minimum Gasteiger partial charge on any atom is -0.348 e. The molecule has 1 aromatic carbocycles. The van der Waals surface area contributed by atoms with Gasteiger partial charge >= 0.3 is 0 Å². The normalized spacial score (nSPS) is 11.6. The maximum absolute atomic E-state index is 12.2. The molecule has 2 heterocycles. The van der Waals surface area contributed by atoms with Crippen molar-refractivity contribution < 1.29 is 4.79 Å². The Bertz CT molecular complexity index is 964. The van der Waals surface area contributed by atoms with Gasteiger partial charge < -0.3 is 10.2 Å². The monoisotopic (exact) mass is 382 g/mol. The molecule has 2 aromatic heterocycles. The Hall–Kier alpha value is -2.63. The number of benzene rings is 1. The number of nitrogens with one attached hydrogen (secondary N) is 1. The lowest BCUT2D eigenvalue weighted by Gasteiger charge is -2.14. The molecule has 0 aliphatic rings. The first-order valence-electron chi connectivity index (χ1n) is 8.91. The van der Waals surface area contributed by atoms with Crippen LogP contribution in [0.5, 0.6) is 0 Å². The Morgan fingerprint density at radius 1 is 1.26 bits per heavy atom. The third-order valence-corrected chi connectivity index (χ3v) is 4.64. The molecule has 0 radical (unpaired) electrons. The second-order valence-corrected chi connectivity index (χ2v) is 6.78. The molecular weight excluding hydrogens is 360 g/mol. The summed E-state index contributed by atoms with van der Waals surface area (Å²) in [5.41, 5.74) is 3.74. The fraction of sp³-hybridized carbons (Fsp3) is 0.238. The van der Waals surface area contributed by atoms with Crippen molar-refractivity contribution in [2.75, 3.05) is 13.6 Å². The van der Waals surface area contributed by atoms with Gasteiger partial charge in [-0.3, -0.25) is 9.20 Å². The molecule has 0 aliphatic carbocycles. The van der Waals surface area contributed by atoms with E-state index in [-0.39, 0.29) is 5.91 Å². The number of halogens is 1. The van der Waals surface area contributed by atoms with Gasteiger partial charge in [-0.1, -0.05) is 48.9 Å². The first-order chi connectivity index (χ1) is 13.1. The molecule has 0 aliphatic heterocycles. The third-order valence-electron chi connectivity index (χ3n) is 4.37. The minimum atomic E-state index is -0.173. The molecule has 27 heavy (non-hydrogen) atoms. The van der Waals surface area contributed by atoms with Gasteiger partial charge in [-0.25, -0.2) is 4.98 Å². The van der Waals surface area contributed by atoms with Crippen LogP contribution in [-0.2, 0) is 17.9 Å². The third kappa shape index (κ3) is 4.96. The molecule has 1 amide bonds. The molecule has 0 saturated heterocycles. The maximum atomic E-state index is 12.2. The fourth-order valence-electron chi connectivity index (χ4n) is 2.80. The Balaban J connectivity index is 1.62. The van der Waals surface area contributed by atoms with Gasteiger partial charge in [0, 0.05) is 25.4 Å². The molecule has 0 fully saturated rings. The van der Waals surface area contributed by atoms with Crippen molar-refractivity contribution in [3.05, 3.63) is 76.7 Å². The number of carbonyl (C=O) groups excluding carboxylic acids is 1. The van der Waals surface area contributed by atoms with E-state index in [0.29, 0.717) is 17.4 Å². The van der Waals surface area contributed by atoms with Crippen molar-refractivity contribution in [1.29, 1.82) is 0 Å². The van der Waals surface area contributed by atoms with Crippen molar-refractivity contribution in [2.45, 2.75) is 20.0 Å². The van der Waals surface area contributed by atoms with Crippen LogP contribution in [-0.4, -0.2) is 33.8 Å². The van der Waals surface area contributed by atoms with Crippen LogP contribution in [0.3, 0.4) is 0 Å². The topological polar surface area (TPSA) is 49.6 Å². The number of nitrogens with zero attached hydrogens (tertiary/aromatic N) is 3. The molecule has 1 N–H and O–H groups in total. The lowest BCUT2D eigenvalue weighted by atomic mass is 10.1. The summed E-state index contributed by atoms with van der Waals surface area (Å²) in [5, 5.41) is 3.28. The molecule has 3 aromatic rings. The summed E-state index contributed by atoms with van der Waals surface area (Å²) < 4.78 is 1.85. The van der Waals surface area contributed by atoms with Crippen LogP contribution >= 0.6 is 11.6 Å². The maximum Gasteiger partial charge on any atom is 0.244 e. The Kier molecular flexibility index (Phi) is 6.27. The number of hydrogen-bond donors (Lipinski definition) is 1. The minimum absolute atomic E-state index is 0.173. The van der Waals surface area contributed by atoms with E-state index < -0.39 is 0 Å². The Morgan fingerprint density at radius 2 is 2.07 bits per heavy atom. The summed E-state index contributed by atoms with van der Waals surface area (Å²) in [5.74, 6) is -0.173. The van der Waals surface area contributed by atoms with Gasteiger partial charge in [-0.15, -0.1) is 0 Å². The zero-order chi connectivity index (χ0) is 19.2. The fourth-order valence-corrected chi connectivity index (χ4v) is 3.04. The van der Waals surface area contributed by atoms with Crippen LogP contribution in [0.4, 0.5) is 0 Å². The first-order valence-corrected chi connectivity index (χ1v) is 9.29. The molecule has 0 bridgehead atoms. The first kappa shape index (κ1) is 19.1. The van der Waals surface area contributed by atoms with Crippen LogP contribution in [0.25, 0.3) is 11.7 Å². The molecule has 0 spiro atoms. The summed E-state index contributed by atoms with van der Waals surface area (Å²) in [6, 6.07) is 13.9. The summed E-state index contributed by atoms with van der Waals surface area (Å²) in [6.45, 7) is 4.50. The van der Waals surface area contributed by atoms with Crippen molar-refractivity contribution >= 4 is 29.2 Å². The molecule has 0 atom stereocenters. The number of carbonyl (C=O) groups is 1. The Morgan fingerprint density at radius 3 is 2.89 bits per heavy atom. The lowest BCUT2D eigenvalue weighted by molar-refractivity contribution is -0.116. The van der Waals surface area contributed by atoms with E-state index in [9.17, 15) is 4.79 Å². The number of imidazole rings is 1. The molecule has 5 nitrogen and oxygen atoms in total. The highest BCUT2D eigenvalue weighted by Gasteiger charge is 2.07. The van der Waals surface area contributed by atoms with E-state index in [1.807, 2.05) is 40.9 Å². The van der Waals surface area contributed by atoms with E-state index in [2.05, 4.69) is 41.3 Å². The number of hydrogen-bond acceptors (Lipinski definition) is 3.